The average Bonchev–Trinajstić information content (AvgIpc) is 2.28. The molecule has 0 bridgehead atoms. The first-order chi connectivity index (χ1) is 7.74. The lowest BCUT2D eigenvalue weighted by Gasteiger charge is -2.06. The minimum absolute atomic E-state index is 0.00537. The zero-order chi connectivity index (χ0) is 11.8. The molecule has 0 aliphatic rings. The third-order valence-electron chi connectivity index (χ3n) is 2.20. The van der Waals surface area contributed by atoms with Gasteiger partial charge in [0.15, 0.2) is 11.6 Å². The summed E-state index contributed by atoms with van der Waals surface area (Å²) in [4.78, 5) is 0. The van der Waals surface area contributed by atoms with Crippen molar-refractivity contribution in [2.45, 2.75) is 25.7 Å². The molecule has 90 valence electrons. The molecule has 0 amide bonds. The van der Waals surface area contributed by atoms with Gasteiger partial charge in [-0.2, -0.15) is 12.6 Å². The monoisotopic (exact) mass is 246 g/mol. The first-order valence-corrected chi connectivity index (χ1v) is 6.06. The van der Waals surface area contributed by atoms with Crippen molar-refractivity contribution in [3.63, 3.8) is 0 Å². The van der Waals surface area contributed by atoms with Gasteiger partial charge in [0.2, 0.25) is 0 Å². The fourth-order valence-corrected chi connectivity index (χ4v) is 1.56. The van der Waals surface area contributed by atoms with Gasteiger partial charge in [0.05, 0.1) is 6.61 Å². The van der Waals surface area contributed by atoms with E-state index in [2.05, 4.69) is 12.6 Å². The third-order valence-corrected chi connectivity index (χ3v) is 2.52. The molecule has 0 atom stereocenters. The molecule has 0 radical (unpaired) electrons. The molecule has 0 fully saturated rings. The highest BCUT2D eigenvalue weighted by Crippen LogP contribution is 2.18. The maximum absolute atomic E-state index is 13.1. The number of hydrogen-bond acceptors (Lipinski definition) is 2. The summed E-state index contributed by atoms with van der Waals surface area (Å²) >= 11 is 4.11. The molecule has 16 heavy (non-hydrogen) atoms. The van der Waals surface area contributed by atoms with E-state index >= 15 is 0 Å². The normalized spacial score (nSPS) is 10.4. The van der Waals surface area contributed by atoms with E-state index in [-0.39, 0.29) is 5.75 Å². The van der Waals surface area contributed by atoms with Gasteiger partial charge in [-0.3, -0.25) is 0 Å². The molecule has 1 aromatic carbocycles. The summed E-state index contributed by atoms with van der Waals surface area (Å²) in [5.41, 5.74) is 0. The van der Waals surface area contributed by atoms with Crippen LogP contribution in [0.4, 0.5) is 8.78 Å². The van der Waals surface area contributed by atoms with Gasteiger partial charge in [-0.05, 0) is 30.7 Å². The molecular formula is C12H16F2OS. The zero-order valence-corrected chi connectivity index (χ0v) is 9.98. The highest BCUT2D eigenvalue weighted by molar-refractivity contribution is 7.80. The summed E-state index contributed by atoms with van der Waals surface area (Å²) in [6, 6.07) is 3.23. The summed E-state index contributed by atoms with van der Waals surface area (Å²) in [7, 11) is 0. The molecule has 1 nitrogen and oxygen atoms in total. The van der Waals surface area contributed by atoms with Gasteiger partial charge >= 0.3 is 0 Å². The Balaban J connectivity index is 2.23. The van der Waals surface area contributed by atoms with Crippen molar-refractivity contribution in [3.8, 4) is 5.75 Å². The molecule has 0 heterocycles. The van der Waals surface area contributed by atoms with Gasteiger partial charge in [0.25, 0.3) is 0 Å². The Labute approximate surface area is 100 Å². The van der Waals surface area contributed by atoms with Crippen LogP contribution in [0.3, 0.4) is 0 Å². The first kappa shape index (κ1) is 13.3. The number of hydrogen-bond donors (Lipinski definition) is 1. The molecule has 0 unspecified atom stereocenters. The molecule has 0 spiro atoms. The Morgan fingerprint density at radius 2 is 1.81 bits per heavy atom. The molecular weight excluding hydrogens is 230 g/mol. The van der Waals surface area contributed by atoms with E-state index in [1.165, 1.54) is 0 Å². The van der Waals surface area contributed by atoms with Crippen LogP contribution >= 0.6 is 12.6 Å². The Bertz CT molecular complexity index is 318. The summed E-state index contributed by atoms with van der Waals surface area (Å²) in [5, 5.41) is 0. The smallest absolute Gasteiger partial charge is 0.165 e. The van der Waals surface area contributed by atoms with E-state index in [4.69, 9.17) is 4.74 Å². The van der Waals surface area contributed by atoms with E-state index in [1.54, 1.807) is 0 Å². The fraction of sp³-hybridized carbons (Fsp3) is 0.500. The predicted molar refractivity (Wildman–Crippen MR) is 64.2 cm³/mol. The minimum atomic E-state index is -0.517. The molecule has 0 saturated heterocycles. The van der Waals surface area contributed by atoms with Crippen molar-refractivity contribution in [1.29, 1.82) is 0 Å². The summed E-state index contributed by atoms with van der Waals surface area (Å²) < 4.78 is 31.0. The topological polar surface area (TPSA) is 9.23 Å². The molecule has 0 saturated carbocycles. The van der Waals surface area contributed by atoms with Crippen molar-refractivity contribution in [2.24, 2.45) is 0 Å². The second-order valence-electron chi connectivity index (χ2n) is 3.56. The lowest BCUT2D eigenvalue weighted by molar-refractivity contribution is 0.289. The van der Waals surface area contributed by atoms with E-state index in [1.807, 2.05) is 0 Å². The van der Waals surface area contributed by atoms with Crippen LogP contribution in [0.25, 0.3) is 0 Å². The van der Waals surface area contributed by atoms with Gasteiger partial charge < -0.3 is 4.74 Å². The van der Waals surface area contributed by atoms with Gasteiger partial charge in [0, 0.05) is 6.07 Å². The van der Waals surface area contributed by atoms with Crippen molar-refractivity contribution < 1.29 is 13.5 Å². The lowest BCUT2D eigenvalue weighted by atomic mass is 10.2. The minimum Gasteiger partial charge on any atom is -0.490 e. The average molecular weight is 246 g/mol. The van der Waals surface area contributed by atoms with Crippen molar-refractivity contribution in [3.05, 3.63) is 29.8 Å². The molecule has 1 aromatic rings. The van der Waals surface area contributed by atoms with Crippen LogP contribution in [-0.4, -0.2) is 12.4 Å². The van der Waals surface area contributed by atoms with Crippen LogP contribution in [0.15, 0.2) is 18.2 Å². The van der Waals surface area contributed by atoms with Crippen LogP contribution in [-0.2, 0) is 0 Å². The molecule has 4 heteroatoms. The van der Waals surface area contributed by atoms with Gasteiger partial charge in [-0.15, -0.1) is 0 Å². The standard InChI is InChI=1S/C12H16F2OS/c13-10-5-6-11(14)12(9-10)15-7-3-1-2-4-8-16/h5-6,9,16H,1-4,7-8H2. The molecule has 0 aromatic heterocycles. The zero-order valence-electron chi connectivity index (χ0n) is 9.09. The largest absolute Gasteiger partial charge is 0.490 e. The first-order valence-electron chi connectivity index (χ1n) is 5.43. The fourth-order valence-electron chi connectivity index (χ4n) is 1.34. The third kappa shape index (κ3) is 4.84. The van der Waals surface area contributed by atoms with E-state index < -0.39 is 11.6 Å². The number of thiol groups is 1. The van der Waals surface area contributed by atoms with Gasteiger partial charge in [0.1, 0.15) is 5.82 Å². The van der Waals surface area contributed by atoms with Crippen molar-refractivity contribution in [1.82, 2.24) is 0 Å². The maximum Gasteiger partial charge on any atom is 0.165 e. The predicted octanol–water partition coefficient (Wildman–Crippen LogP) is 3.83. The highest BCUT2D eigenvalue weighted by atomic mass is 32.1. The Morgan fingerprint density at radius 3 is 2.56 bits per heavy atom. The Hall–Kier alpha value is -0.770. The highest BCUT2D eigenvalue weighted by Gasteiger charge is 2.04. The number of halogens is 2. The van der Waals surface area contributed by atoms with E-state index in [0.29, 0.717) is 6.61 Å². The number of rotatable bonds is 7. The Morgan fingerprint density at radius 1 is 1.06 bits per heavy atom. The van der Waals surface area contributed by atoms with Crippen molar-refractivity contribution >= 4 is 12.6 Å². The second kappa shape index (κ2) is 7.49. The van der Waals surface area contributed by atoms with Crippen LogP contribution in [0.1, 0.15) is 25.7 Å². The lowest BCUT2D eigenvalue weighted by Crippen LogP contribution is -1.99. The second-order valence-corrected chi connectivity index (χ2v) is 4.01. The van der Waals surface area contributed by atoms with E-state index in [0.717, 1.165) is 49.6 Å². The number of unbranched alkanes of at least 4 members (excludes halogenated alkanes) is 3. The van der Waals surface area contributed by atoms with Gasteiger partial charge in [-0.25, -0.2) is 8.78 Å². The van der Waals surface area contributed by atoms with Crippen LogP contribution in [0.2, 0.25) is 0 Å². The molecule has 0 aliphatic heterocycles. The molecule has 0 N–H and O–H groups in total. The molecule has 0 aliphatic carbocycles. The van der Waals surface area contributed by atoms with E-state index in [9.17, 15) is 8.78 Å². The quantitative estimate of drug-likeness (QED) is 0.568. The van der Waals surface area contributed by atoms with Crippen LogP contribution in [0, 0.1) is 11.6 Å². The molecule has 1 rings (SSSR count). The maximum atomic E-state index is 13.1. The van der Waals surface area contributed by atoms with Crippen LogP contribution in [0.5, 0.6) is 5.75 Å². The van der Waals surface area contributed by atoms with Crippen molar-refractivity contribution in [2.75, 3.05) is 12.4 Å². The number of benzene rings is 1. The summed E-state index contributed by atoms with van der Waals surface area (Å²) in [6.07, 6.45) is 4.05. The SMILES string of the molecule is Fc1ccc(F)c(OCCCCCCS)c1. The van der Waals surface area contributed by atoms with Crippen LogP contribution < -0.4 is 4.74 Å². The summed E-state index contributed by atoms with van der Waals surface area (Å²) in [6.45, 7) is 0.424. The van der Waals surface area contributed by atoms with Gasteiger partial charge in [-0.1, -0.05) is 12.8 Å². The number of ether oxygens (including phenoxy) is 1. The summed E-state index contributed by atoms with van der Waals surface area (Å²) in [5.74, 6) is -0.114. The Kier molecular flexibility index (Phi) is 6.23.